The van der Waals surface area contributed by atoms with Gasteiger partial charge in [0, 0.05) is 12.6 Å². The maximum absolute atomic E-state index is 13.9. The van der Waals surface area contributed by atoms with E-state index in [0.717, 1.165) is 51.0 Å². The fourth-order valence-corrected chi connectivity index (χ4v) is 7.27. The predicted octanol–water partition coefficient (Wildman–Crippen LogP) is 5.10. The molecule has 2 atom stereocenters. The molecule has 3 aliphatic carbocycles. The minimum Gasteiger partial charge on any atom is -0.508 e. The Morgan fingerprint density at radius 3 is 2.29 bits per heavy atom. The number of phenols is 1. The van der Waals surface area contributed by atoms with Crippen LogP contribution in [0.5, 0.6) is 5.75 Å². The third kappa shape index (κ3) is 6.07. The van der Waals surface area contributed by atoms with Crippen molar-refractivity contribution in [2.45, 2.75) is 74.6 Å². The van der Waals surface area contributed by atoms with Crippen molar-refractivity contribution in [3.63, 3.8) is 0 Å². The second kappa shape index (κ2) is 10.6. The van der Waals surface area contributed by atoms with Crippen LogP contribution in [0.25, 0.3) is 0 Å². The van der Waals surface area contributed by atoms with Gasteiger partial charge in [-0.25, -0.2) is 17.5 Å². The molecule has 2 aromatic rings. The van der Waals surface area contributed by atoms with Gasteiger partial charge >= 0.3 is 0 Å². The van der Waals surface area contributed by atoms with Gasteiger partial charge in [0.05, 0.1) is 0 Å². The molecule has 3 aliphatic rings. The van der Waals surface area contributed by atoms with Crippen LogP contribution in [0.4, 0.5) is 4.39 Å². The molecule has 0 saturated heterocycles. The maximum Gasteiger partial charge on any atom is 0.243 e. The Morgan fingerprint density at radius 2 is 1.57 bits per heavy atom. The smallest absolute Gasteiger partial charge is 0.243 e. The number of halogens is 1. The molecule has 2 unspecified atom stereocenters. The number of rotatable bonds is 9. The standard InChI is InChI=1S/C28H37FN2O3S/c29-26-3-1-2-4-28(26)35(33,34)31-18-21-9-7-20(8-10-21)17-30-27-14-11-22-16-23(32)12-13-24(22)25(27)15-19-5-6-19/h1-4,12-13,16,19-21,25,27,30-32H,5-11,14-15,17-18H2. The number of hydrogen-bond donors (Lipinski definition) is 3. The summed E-state index contributed by atoms with van der Waals surface area (Å²) in [6, 6.07) is 11.9. The average molecular weight is 501 g/mol. The molecule has 0 aliphatic heterocycles. The molecule has 0 spiro atoms. The predicted molar refractivity (Wildman–Crippen MR) is 135 cm³/mol. The number of fused-ring (bicyclic) bond motifs is 1. The number of nitrogens with one attached hydrogen (secondary N) is 2. The Balaban J connectivity index is 1.10. The van der Waals surface area contributed by atoms with Gasteiger partial charge < -0.3 is 10.4 Å². The van der Waals surface area contributed by atoms with E-state index in [9.17, 15) is 17.9 Å². The summed E-state index contributed by atoms with van der Waals surface area (Å²) in [4.78, 5) is -0.275. The molecular formula is C28H37FN2O3S. The lowest BCUT2D eigenvalue weighted by Gasteiger charge is -2.37. The van der Waals surface area contributed by atoms with Crippen molar-refractivity contribution in [3.8, 4) is 5.75 Å². The van der Waals surface area contributed by atoms with Crippen LogP contribution in [0.1, 0.15) is 68.4 Å². The Morgan fingerprint density at radius 1 is 0.886 bits per heavy atom. The van der Waals surface area contributed by atoms with Gasteiger partial charge in [0.25, 0.3) is 0 Å². The second-order valence-electron chi connectivity index (χ2n) is 10.9. The fraction of sp³-hybridized carbons (Fsp3) is 0.571. The first kappa shape index (κ1) is 24.7. The van der Waals surface area contributed by atoms with E-state index >= 15 is 0 Å². The van der Waals surface area contributed by atoms with Crippen molar-refractivity contribution in [2.24, 2.45) is 17.8 Å². The van der Waals surface area contributed by atoms with Crippen LogP contribution in [-0.4, -0.2) is 32.7 Å². The summed E-state index contributed by atoms with van der Waals surface area (Å²) < 4.78 is 41.5. The molecule has 2 saturated carbocycles. The lowest BCUT2D eigenvalue weighted by Crippen LogP contribution is -2.42. The normalized spacial score (nSPS) is 26.9. The van der Waals surface area contributed by atoms with Crippen molar-refractivity contribution in [1.82, 2.24) is 10.0 Å². The Bertz CT molecular complexity index is 1130. The van der Waals surface area contributed by atoms with E-state index in [2.05, 4.69) is 16.1 Å². The molecule has 7 heteroatoms. The molecule has 0 aromatic heterocycles. The molecule has 0 heterocycles. The lowest BCUT2D eigenvalue weighted by molar-refractivity contribution is 0.250. The summed E-state index contributed by atoms with van der Waals surface area (Å²) in [6.07, 6.45) is 10.2. The number of benzene rings is 2. The number of sulfonamides is 1. The van der Waals surface area contributed by atoms with Crippen LogP contribution in [0, 0.1) is 23.6 Å². The van der Waals surface area contributed by atoms with E-state index in [1.807, 2.05) is 12.1 Å². The van der Waals surface area contributed by atoms with E-state index in [1.165, 1.54) is 48.6 Å². The second-order valence-corrected chi connectivity index (χ2v) is 12.6. The van der Waals surface area contributed by atoms with Gasteiger partial charge in [0.1, 0.15) is 16.5 Å². The molecule has 5 rings (SSSR count). The minimum absolute atomic E-state index is 0.275. The molecule has 0 radical (unpaired) electrons. The highest BCUT2D eigenvalue weighted by molar-refractivity contribution is 7.89. The van der Waals surface area contributed by atoms with Crippen molar-refractivity contribution < 1.29 is 17.9 Å². The third-order valence-corrected chi connectivity index (χ3v) is 9.80. The summed E-state index contributed by atoms with van der Waals surface area (Å²) in [5.41, 5.74) is 2.73. The largest absolute Gasteiger partial charge is 0.508 e. The average Bonchev–Trinajstić information content (AvgIpc) is 3.67. The molecule has 5 nitrogen and oxygen atoms in total. The van der Waals surface area contributed by atoms with Crippen molar-refractivity contribution >= 4 is 10.0 Å². The number of aromatic hydroxyl groups is 1. The summed E-state index contributed by atoms with van der Waals surface area (Å²) in [5, 5.41) is 13.8. The van der Waals surface area contributed by atoms with Crippen LogP contribution in [0.2, 0.25) is 0 Å². The number of hydrogen-bond acceptors (Lipinski definition) is 4. The molecule has 3 N–H and O–H groups in total. The van der Waals surface area contributed by atoms with Crippen molar-refractivity contribution in [2.75, 3.05) is 13.1 Å². The SMILES string of the molecule is O=S(=O)(NCC1CCC(CNC2CCc3cc(O)ccc3C2CC2CC2)CC1)c1ccccc1F. The number of phenolic OH excluding ortho intramolecular Hbond substituents is 1. The maximum atomic E-state index is 13.9. The molecule has 190 valence electrons. The van der Waals surface area contributed by atoms with Crippen LogP contribution in [-0.2, 0) is 16.4 Å². The molecule has 0 bridgehead atoms. The van der Waals surface area contributed by atoms with Gasteiger partial charge in [-0.2, -0.15) is 0 Å². The van der Waals surface area contributed by atoms with Gasteiger partial charge in [-0.3, -0.25) is 0 Å². The van der Waals surface area contributed by atoms with E-state index in [1.54, 1.807) is 6.07 Å². The summed E-state index contributed by atoms with van der Waals surface area (Å²) in [5.74, 6) is 1.94. The van der Waals surface area contributed by atoms with Gasteiger partial charge in [0.15, 0.2) is 0 Å². The zero-order chi connectivity index (χ0) is 24.4. The quantitative estimate of drug-likeness (QED) is 0.447. The van der Waals surface area contributed by atoms with E-state index in [0.29, 0.717) is 36.1 Å². The highest BCUT2D eigenvalue weighted by atomic mass is 32.2. The third-order valence-electron chi connectivity index (χ3n) is 8.34. The van der Waals surface area contributed by atoms with Crippen LogP contribution in [0.3, 0.4) is 0 Å². The summed E-state index contributed by atoms with van der Waals surface area (Å²) >= 11 is 0. The van der Waals surface area contributed by atoms with Crippen molar-refractivity contribution in [1.29, 1.82) is 0 Å². The molecule has 2 fully saturated rings. The summed E-state index contributed by atoms with van der Waals surface area (Å²) in [6.45, 7) is 1.37. The van der Waals surface area contributed by atoms with E-state index in [-0.39, 0.29) is 4.90 Å². The first-order valence-electron chi connectivity index (χ1n) is 13.2. The highest BCUT2D eigenvalue weighted by Gasteiger charge is 2.35. The topological polar surface area (TPSA) is 78.4 Å². The Hall–Kier alpha value is -1.96. The minimum atomic E-state index is -3.82. The Kier molecular flexibility index (Phi) is 7.47. The zero-order valence-corrected chi connectivity index (χ0v) is 21.1. The van der Waals surface area contributed by atoms with Gasteiger partial charge in [-0.15, -0.1) is 0 Å². The van der Waals surface area contributed by atoms with Crippen LogP contribution >= 0.6 is 0 Å². The molecule has 2 aromatic carbocycles. The zero-order valence-electron chi connectivity index (χ0n) is 20.3. The van der Waals surface area contributed by atoms with E-state index < -0.39 is 15.8 Å². The first-order chi connectivity index (χ1) is 16.9. The van der Waals surface area contributed by atoms with E-state index in [4.69, 9.17) is 0 Å². The fourth-order valence-electron chi connectivity index (χ4n) is 6.07. The summed E-state index contributed by atoms with van der Waals surface area (Å²) in [7, 11) is -3.82. The lowest BCUT2D eigenvalue weighted by atomic mass is 9.76. The van der Waals surface area contributed by atoms with Gasteiger partial charge in [-0.1, -0.05) is 31.0 Å². The van der Waals surface area contributed by atoms with Gasteiger partial charge in [-0.05, 0) is 111 Å². The highest BCUT2D eigenvalue weighted by Crippen LogP contribution is 2.44. The van der Waals surface area contributed by atoms with Crippen LogP contribution < -0.4 is 10.0 Å². The van der Waals surface area contributed by atoms with Crippen LogP contribution in [0.15, 0.2) is 47.4 Å². The molecule has 0 amide bonds. The van der Waals surface area contributed by atoms with Gasteiger partial charge in [0.2, 0.25) is 10.0 Å². The number of aryl methyl sites for hydroxylation is 1. The molecule has 35 heavy (non-hydrogen) atoms. The Labute approximate surface area is 208 Å². The monoisotopic (exact) mass is 500 g/mol. The molecular weight excluding hydrogens is 463 g/mol. The first-order valence-corrected chi connectivity index (χ1v) is 14.7. The van der Waals surface area contributed by atoms with Crippen molar-refractivity contribution in [3.05, 3.63) is 59.4 Å².